The van der Waals surface area contributed by atoms with Crippen molar-refractivity contribution in [2.75, 3.05) is 5.01 Å². The molecule has 2 heterocycles. The minimum atomic E-state index is -1.09. The molecule has 0 spiro atoms. The molecule has 0 bridgehead atoms. The fraction of sp³-hybridized carbons (Fsp3) is 0.192. The number of ether oxygens (including phenoxy) is 2. The van der Waals surface area contributed by atoms with Gasteiger partial charge in [0.25, 0.3) is 5.91 Å². The number of esters is 1. The molecule has 9 nitrogen and oxygen atoms in total. The molecule has 0 saturated carbocycles. The second-order valence-corrected chi connectivity index (χ2v) is 7.79. The zero-order valence-electron chi connectivity index (χ0n) is 18.9. The lowest BCUT2D eigenvalue weighted by atomic mass is 10.1. The van der Waals surface area contributed by atoms with Crippen molar-refractivity contribution >= 4 is 29.5 Å². The van der Waals surface area contributed by atoms with Crippen molar-refractivity contribution in [1.82, 2.24) is 10.3 Å². The molecule has 2 amide bonds. The van der Waals surface area contributed by atoms with Gasteiger partial charge < -0.3 is 14.8 Å². The zero-order chi connectivity index (χ0) is 24.5. The topological polar surface area (TPSA) is 110 Å². The number of pyridine rings is 1. The van der Waals surface area contributed by atoms with Gasteiger partial charge in [0.1, 0.15) is 19.3 Å². The Morgan fingerprint density at radius 2 is 1.51 bits per heavy atom. The summed E-state index contributed by atoms with van der Waals surface area (Å²) in [6.45, 7) is 0.0910. The molecule has 35 heavy (non-hydrogen) atoms. The molecule has 1 aliphatic rings. The van der Waals surface area contributed by atoms with E-state index in [2.05, 4.69) is 15.4 Å². The maximum absolute atomic E-state index is 12.9. The normalized spacial score (nSPS) is 13.7. The average Bonchev–Trinajstić information content (AvgIpc) is 3.27. The van der Waals surface area contributed by atoms with Crippen molar-refractivity contribution < 1.29 is 23.9 Å². The summed E-state index contributed by atoms with van der Waals surface area (Å²) < 4.78 is 10.7. The van der Waals surface area contributed by atoms with Crippen molar-refractivity contribution in [3.05, 3.63) is 96.2 Å². The summed E-state index contributed by atoms with van der Waals surface area (Å²) in [4.78, 5) is 42.0. The van der Waals surface area contributed by atoms with E-state index in [0.717, 1.165) is 11.1 Å². The molecular formula is C26H24N4O5. The number of alkyl carbamates (subject to hydrolysis) is 1. The summed E-state index contributed by atoms with van der Waals surface area (Å²) in [5, 5.41) is 8.07. The number of aromatic nitrogens is 1. The Labute approximate surface area is 202 Å². The number of amides is 2. The van der Waals surface area contributed by atoms with E-state index in [1.54, 1.807) is 24.4 Å². The number of hydrazone groups is 1. The second-order valence-electron chi connectivity index (χ2n) is 7.79. The largest absolute Gasteiger partial charge is 0.459 e. The summed E-state index contributed by atoms with van der Waals surface area (Å²) >= 11 is 0. The third-order valence-corrected chi connectivity index (χ3v) is 5.15. The van der Waals surface area contributed by atoms with Gasteiger partial charge in [-0.05, 0) is 23.3 Å². The number of hydrogen-bond donors (Lipinski definition) is 1. The van der Waals surface area contributed by atoms with Crippen molar-refractivity contribution in [2.45, 2.75) is 32.1 Å². The second kappa shape index (κ2) is 11.6. The first kappa shape index (κ1) is 23.6. The number of nitrogens with zero attached hydrogens (tertiary/aromatic N) is 3. The SMILES string of the molecule is O=C(N[C@@H](CC1=NN(c2ccccn2)C(=O)C1)C(=O)OCc1ccccc1)OCc1ccccc1. The van der Waals surface area contributed by atoms with Crippen molar-refractivity contribution in [3.8, 4) is 0 Å². The van der Waals surface area contributed by atoms with Crippen LogP contribution in [0.5, 0.6) is 0 Å². The number of hydrogen-bond acceptors (Lipinski definition) is 7. The molecule has 0 saturated heterocycles. The van der Waals surface area contributed by atoms with Gasteiger partial charge in [-0.25, -0.2) is 14.6 Å². The standard InChI is InChI=1S/C26H24N4O5/c31-24-16-21(29-30(24)23-13-7-8-14-27-23)15-22(25(32)34-17-19-9-3-1-4-10-19)28-26(33)35-18-20-11-5-2-6-12-20/h1-14,22H,15-18H2,(H,28,33)/t22-/m0/s1. The third-order valence-electron chi connectivity index (χ3n) is 5.15. The Morgan fingerprint density at radius 3 is 2.14 bits per heavy atom. The van der Waals surface area contributed by atoms with Gasteiger partial charge in [0.2, 0.25) is 0 Å². The van der Waals surface area contributed by atoms with E-state index in [0.29, 0.717) is 11.5 Å². The van der Waals surface area contributed by atoms with Crippen molar-refractivity contribution in [1.29, 1.82) is 0 Å². The van der Waals surface area contributed by atoms with Gasteiger partial charge in [-0.15, -0.1) is 0 Å². The number of anilines is 1. The van der Waals surface area contributed by atoms with E-state index < -0.39 is 18.1 Å². The van der Waals surface area contributed by atoms with Crippen LogP contribution in [-0.2, 0) is 32.3 Å². The molecule has 3 aromatic rings. The van der Waals surface area contributed by atoms with Crippen LogP contribution in [0.25, 0.3) is 0 Å². The van der Waals surface area contributed by atoms with Crippen LogP contribution in [0.15, 0.2) is 90.2 Å². The number of nitrogens with one attached hydrogen (secondary N) is 1. The first-order chi connectivity index (χ1) is 17.1. The highest BCUT2D eigenvalue weighted by Crippen LogP contribution is 2.20. The monoisotopic (exact) mass is 472 g/mol. The first-order valence-corrected chi connectivity index (χ1v) is 11.1. The van der Waals surface area contributed by atoms with Gasteiger partial charge in [-0.1, -0.05) is 66.7 Å². The summed E-state index contributed by atoms with van der Waals surface area (Å²) in [6, 6.07) is 22.4. The van der Waals surface area contributed by atoms with Gasteiger partial charge in [-0.2, -0.15) is 10.1 Å². The molecule has 1 atom stereocenters. The van der Waals surface area contributed by atoms with Gasteiger partial charge in [0.05, 0.1) is 12.1 Å². The van der Waals surface area contributed by atoms with Crippen molar-refractivity contribution in [3.63, 3.8) is 0 Å². The predicted molar refractivity (Wildman–Crippen MR) is 128 cm³/mol. The summed E-state index contributed by atoms with van der Waals surface area (Å²) in [5.41, 5.74) is 2.04. The smallest absolute Gasteiger partial charge is 0.408 e. The Morgan fingerprint density at radius 1 is 0.886 bits per heavy atom. The number of rotatable bonds is 9. The minimum absolute atomic E-state index is 0.000216. The molecule has 1 aliphatic heterocycles. The molecular weight excluding hydrogens is 448 g/mol. The molecule has 0 radical (unpaired) electrons. The molecule has 0 aliphatic carbocycles. The van der Waals surface area contributed by atoms with Crippen LogP contribution in [0.4, 0.5) is 10.6 Å². The van der Waals surface area contributed by atoms with Crippen LogP contribution in [0, 0.1) is 0 Å². The van der Waals surface area contributed by atoms with Crippen LogP contribution in [0.3, 0.4) is 0 Å². The van der Waals surface area contributed by atoms with Crippen molar-refractivity contribution in [2.24, 2.45) is 5.10 Å². The lowest BCUT2D eigenvalue weighted by Crippen LogP contribution is -2.43. The highest BCUT2D eigenvalue weighted by molar-refractivity contribution is 6.13. The van der Waals surface area contributed by atoms with E-state index in [1.807, 2.05) is 60.7 Å². The Balaban J connectivity index is 1.43. The third kappa shape index (κ3) is 6.73. The molecule has 0 unspecified atom stereocenters. The van der Waals surface area contributed by atoms with E-state index in [9.17, 15) is 14.4 Å². The Kier molecular flexibility index (Phi) is 7.80. The summed E-state index contributed by atoms with van der Waals surface area (Å²) in [7, 11) is 0. The van der Waals surface area contributed by atoms with Gasteiger partial charge in [-0.3, -0.25) is 4.79 Å². The first-order valence-electron chi connectivity index (χ1n) is 11.1. The van der Waals surface area contributed by atoms with E-state index in [-0.39, 0.29) is 32.0 Å². The van der Waals surface area contributed by atoms with Gasteiger partial charge in [0, 0.05) is 12.6 Å². The average molecular weight is 473 g/mol. The number of benzene rings is 2. The summed E-state index contributed by atoms with van der Waals surface area (Å²) in [6.07, 6.45) is 0.773. The Bertz CT molecular complexity index is 1190. The lowest BCUT2D eigenvalue weighted by Gasteiger charge is -2.17. The molecule has 1 N–H and O–H groups in total. The van der Waals surface area contributed by atoms with Gasteiger partial charge >= 0.3 is 12.1 Å². The molecule has 178 valence electrons. The van der Waals surface area contributed by atoms with Crippen LogP contribution < -0.4 is 10.3 Å². The van der Waals surface area contributed by atoms with Crippen LogP contribution in [-0.4, -0.2) is 34.7 Å². The number of carbonyl (C=O) groups excluding carboxylic acids is 3. The highest BCUT2D eigenvalue weighted by atomic mass is 16.6. The molecule has 9 heteroatoms. The van der Waals surface area contributed by atoms with E-state index >= 15 is 0 Å². The quantitative estimate of drug-likeness (QED) is 0.477. The maximum Gasteiger partial charge on any atom is 0.408 e. The minimum Gasteiger partial charge on any atom is -0.459 e. The highest BCUT2D eigenvalue weighted by Gasteiger charge is 2.31. The zero-order valence-corrected chi connectivity index (χ0v) is 18.9. The lowest BCUT2D eigenvalue weighted by molar-refractivity contribution is -0.147. The molecule has 4 rings (SSSR count). The maximum atomic E-state index is 12.9. The van der Waals surface area contributed by atoms with Crippen LogP contribution in [0.2, 0.25) is 0 Å². The van der Waals surface area contributed by atoms with Crippen LogP contribution >= 0.6 is 0 Å². The predicted octanol–water partition coefficient (Wildman–Crippen LogP) is 3.60. The van der Waals surface area contributed by atoms with Gasteiger partial charge in [0.15, 0.2) is 5.82 Å². The fourth-order valence-corrected chi connectivity index (χ4v) is 3.42. The Hall–Kier alpha value is -4.53. The fourth-order valence-electron chi connectivity index (χ4n) is 3.42. The molecule has 2 aromatic carbocycles. The molecule has 1 aromatic heterocycles. The number of carbonyl (C=O) groups is 3. The van der Waals surface area contributed by atoms with Crippen LogP contribution in [0.1, 0.15) is 24.0 Å². The summed E-state index contributed by atoms with van der Waals surface area (Å²) in [5.74, 6) is -0.551. The van der Waals surface area contributed by atoms with E-state index in [4.69, 9.17) is 9.47 Å². The van der Waals surface area contributed by atoms with E-state index in [1.165, 1.54) is 5.01 Å². The molecule has 0 fully saturated rings.